The van der Waals surface area contributed by atoms with Gasteiger partial charge in [-0.05, 0) is 0 Å². The van der Waals surface area contributed by atoms with Gasteiger partial charge in [-0.2, -0.15) is 52.7 Å². The van der Waals surface area contributed by atoms with Crippen LogP contribution in [0.5, 0.6) is 0 Å². The number of hydrogen-bond acceptors (Lipinski definition) is 8. The summed E-state index contributed by atoms with van der Waals surface area (Å²) in [4.78, 5) is 22.6. The third-order valence-corrected chi connectivity index (χ3v) is 3.92. The van der Waals surface area contributed by atoms with Crippen LogP contribution in [0, 0.1) is 5.41 Å². The van der Waals surface area contributed by atoms with Crippen LogP contribution in [0.3, 0.4) is 0 Å². The third-order valence-electron chi connectivity index (χ3n) is 3.92. The second kappa shape index (κ2) is 9.29. The second-order valence-electron chi connectivity index (χ2n) is 6.38. The van der Waals surface area contributed by atoms with Gasteiger partial charge >= 0.3 is 47.8 Å². The van der Waals surface area contributed by atoms with E-state index in [-0.39, 0.29) is 0 Å². The largest absolute Gasteiger partial charge is 0.462 e. The summed E-state index contributed by atoms with van der Waals surface area (Å²) in [5.74, 6) is -7.02. The van der Waals surface area contributed by atoms with Crippen LogP contribution in [0.15, 0.2) is 0 Å². The van der Waals surface area contributed by atoms with Crippen molar-refractivity contribution in [2.75, 3.05) is 26.4 Å². The van der Waals surface area contributed by atoms with Crippen molar-refractivity contribution in [1.82, 2.24) is 0 Å². The number of hydrogen-bond donors (Lipinski definition) is 4. The van der Waals surface area contributed by atoms with Crippen LogP contribution in [0.25, 0.3) is 0 Å². The summed E-state index contributed by atoms with van der Waals surface area (Å²) in [5, 5.41) is 35.7. The highest BCUT2D eigenvalue weighted by Gasteiger charge is 2.78. The molecule has 0 radical (unpaired) electrons. The first-order valence-corrected chi connectivity index (χ1v) is 7.66. The van der Waals surface area contributed by atoms with E-state index in [2.05, 4.69) is 9.47 Å². The average Bonchev–Trinajstić information content (AvgIpc) is 2.63. The zero-order valence-corrected chi connectivity index (χ0v) is 15.3. The number of rotatable bonds is 8. The Morgan fingerprint density at radius 3 is 0.909 bits per heavy atom. The van der Waals surface area contributed by atoms with Crippen LogP contribution in [-0.2, 0) is 19.1 Å². The van der Waals surface area contributed by atoms with Gasteiger partial charge in [-0.25, -0.2) is 9.59 Å². The highest BCUT2D eigenvalue weighted by molar-refractivity contribution is 5.82. The van der Waals surface area contributed by atoms with Gasteiger partial charge in [0.2, 0.25) is 0 Å². The molecule has 0 unspecified atom stereocenters. The number of ether oxygens (including phenoxy) is 2. The number of aliphatic hydroxyl groups excluding tert-OH is 2. The predicted octanol–water partition coefficient (Wildman–Crippen LogP) is 0.755. The molecule has 0 aromatic carbocycles. The summed E-state index contributed by atoms with van der Waals surface area (Å²) in [5.41, 5.74) is -15.3. The summed E-state index contributed by atoms with van der Waals surface area (Å²) in [7, 11) is 0. The first-order chi connectivity index (χ1) is 14.4. The monoisotopic (exact) mass is 524 g/mol. The van der Waals surface area contributed by atoms with Crippen LogP contribution in [0.1, 0.15) is 0 Å². The van der Waals surface area contributed by atoms with Crippen molar-refractivity contribution in [3.05, 3.63) is 0 Å². The third kappa shape index (κ3) is 5.72. The Morgan fingerprint density at radius 1 is 0.545 bits per heavy atom. The molecule has 0 spiro atoms. The molecule has 0 heterocycles. The maximum Gasteiger partial charge on any atom is 0.437 e. The fourth-order valence-corrected chi connectivity index (χ4v) is 1.70. The molecule has 196 valence electrons. The first kappa shape index (κ1) is 30.9. The molecule has 33 heavy (non-hydrogen) atoms. The summed E-state index contributed by atoms with van der Waals surface area (Å²) >= 11 is 0. The molecule has 0 aliphatic heterocycles. The Hall–Kier alpha value is -2.06. The van der Waals surface area contributed by atoms with E-state index < -0.39 is 79.7 Å². The fourth-order valence-electron chi connectivity index (χ4n) is 1.70. The van der Waals surface area contributed by atoms with Gasteiger partial charge in [0.25, 0.3) is 0 Å². The molecule has 0 rings (SSSR count). The van der Waals surface area contributed by atoms with Crippen molar-refractivity contribution in [2.24, 2.45) is 5.41 Å². The zero-order valence-electron chi connectivity index (χ0n) is 15.3. The van der Waals surface area contributed by atoms with Crippen molar-refractivity contribution in [3.63, 3.8) is 0 Å². The van der Waals surface area contributed by atoms with Crippen molar-refractivity contribution in [1.29, 1.82) is 0 Å². The molecule has 0 saturated carbocycles. The van der Waals surface area contributed by atoms with Crippen LogP contribution < -0.4 is 0 Å². The van der Waals surface area contributed by atoms with Gasteiger partial charge in [0.05, 0.1) is 18.6 Å². The molecule has 0 aliphatic rings. The lowest BCUT2D eigenvalue weighted by Gasteiger charge is -2.34. The van der Waals surface area contributed by atoms with E-state index >= 15 is 0 Å². The molecule has 0 aliphatic carbocycles. The van der Waals surface area contributed by atoms with Crippen molar-refractivity contribution < 1.29 is 92.2 Å². The van der Waals surface area contributed by atoms with Gasteiger partial charge in [-0.1, -0.05) is 0 Å². The topological polar surface area (TPSA) is 134 Å². The Kier molecular flexibility index (Phi) is 8.71. The Labute approximate surface area is 173 Å². The second-order valence-corrected chi connectivity index (χ2v) is 6.38. The number of carbonyl (C=O) groups excluding carboxylic acids is 2. The van der Waals surface area contributed by atoms with Crippen molar-refractivity contribution in [3.8, 4) is 0 Å². The number of aliphatic hydroxyl groups is 4. The molecule has 4 N–H and O–H groups in total. The smallest absolute Gasteiger partial charge is 0.437 e. The number of carbonyl (C=O) groups is 2. The molecule has 8 nitrogen and oxygen atoms in total. The quantitative estimate of drug-likeness (QED) is 0.270. The highest BCUT2D eigenvalue weighted by Crippen LogP contribution is 2.45. The van der Waals surface area contributed by atoms with Crippen molar-refractivity contribution >= 4 is 11.9 Å². The minimum atomic E-state index is -6.74. The Morgan fingerprint density at radius 2 is 0.758 bits per heavy atom. The summed E-state index contributed by atoms with van der Waals surface area (Å²) < 4.78 is 158. The van der Waals surface area contributed by atoms with E-state index in [1.807, 2.05) is 0 Å². The van der Waals surface area contributed by atoms with E-state index in [4.69, 9.17) is 20.4 Å². The van der Waals surface area contributed by atoms with E-state index in [9.17, 15) is 62.3 Å². The zero-order chi connectivity index (χ0) is 26.9. The number of esters is 2. The fraction of sp³-hybridized carbons (Fsp3) is 0.846. The molecule has 0 aromatic rings. The molecular formula is C13H12F12O8. The van der Waals surface area contributed by atoms with E-state index in [0.717, 1.165) is 0 Å². The lowest BCUT2D eigenvalue weighted by atomic mass is 9.92. The Bertz CT molecular complexity index is 620. The number of halogens is 12. The van der Waals surface area contributed by atoms with E-state index in [0.29, 0.717) is 0 Å². The minimum absolute atomic E-state index is 1.78. The predicted molar refractivity (Wildman–Crippen MR) is 72.6 cm³/mol. The molecule has 0 saturated heterocycles. The van der Waals surface area contributed by atoms with Crippen LogP contribution >= 0.6 is 0 Å². The van der Waals surface area contributed by atoms with Gasteiger partial charge in [0.15, 0.2) is 0 Å². The number of alkyl halides is 12. The van der Waals surface area contributed by atoms with E-state index in [1.165, 1.54) is 0 Å². The molecular weight excluding hydrogens is 512 g/mol. The lowest BCUT2D eigenvalue weighted by Crippen LogP contribution is -2.64. The molecule has 0 aromatic heterocycles. The molecule has 0 bridgehead atoms. The summed E-state index contributed by atoms with van der Waals surface area (Å²) in [6, 6.07) is 0. The molecule has 0 amide bonds. The highest BCUT2D eigenvalue weighted by atomic mass is 19.4. The SMILES string of the molecule is O=C(OCC(CO)(CO)COC(=O)C(O)(C(F)(F)F)C(F)(F)F)C(O)(C(F)(F)F)C(F)(F)F. The molecule has 0 fully saturated rings. The molecule has 0 atom stereocenters. The maximum absolute atomic E-state index is 12.6. The first-order valence-electron chi connectivity index (χ1n) is 7.66. The normalized spacial score (nSPS) is 14.8. The van der Waals surface area contributed by atoms with Crippen LogP contribution in [0.2, 0.25) is 0 Å². The van der Waals surface area contributed by atoms with Gasteiger partial charge in [0.1, 0.15) is 13.2 Å². The summed E-state index contributed by atoms with van der Waals surface area (Å²) in [6.07, 6.45) is -27.0. The van der Waals surface area contributed by atoms with Gasteiger partial charge in [-0.3, -0.25) is 0 Å². The standard InChI is InChI=1S/C13H12F12O8/c14-10(15,16)8(30,11(17,18)19)5(28)32-3-7(1-26,2-27)4-33-6(29)9(31,12(20,21)22)13(23,24)25/h26-27,30-31H,1-4H2. The van der Waals surface area contributed by atoms with Crippen molar-refractivity contribution in [2.45, 2.75) is 35.9 Å². The van der Waals surface area contributed by atoms with Gasteiger partial charge in [0, 0.05) is 0 Å². The molecule has 20 heteroatoms. The van der Waals surface area contributed by atoms with E-state index in [1.54, 1.807) is 0 Å². The average molecular weight is 524 g/mol. The Balaban J connectivity index is 5.80. The van der Waals surface area contributed by atoms with Crippen LogP contribution in [-0.4, -0.2) is 94.7 Å². The maximum atomic E-state index is 12.6. The van der Waals surface area contributed by atoms with Gasteiger partial charge < -0.3 is 29.9 Å². The minimum Gasteiger partial charge on any atom is -0.462 e. The van der Waals surface area contributed by atoms with Crippen LogP contribution in [0.4, 0.5) is 52.7 Å². The lowest BCUT2D eigenvalue weighted by molar-refractivity contribution is -0.357. The summed E-state index contributed by atoms with van der Waals surface area (Å²) in [6.45, 7) is -7.68. The van der Waals surface area contributed by atoms with Gasteiger partial charge in [-0.15, -0.1) is 0 Å².